The number of hydrogen-bond acceptors (Lipinski definition) is 5. The molecule has 132 valence electrons. The van der Waals surface area contributed by atoms with Gasteiger partial charge in [-0.15, -0.1) is 0 Å². The second-order valence-electron chi connectivity index (χ2n) is 6.22. The van der Waals surface area contributed by atoms with E-state index in [1.807, 2.05) is 20.8 Å². The maximum atomic E-state index is 11.9. The summed E-state index contributed by atoms with van der Waals surface area (Å²) in [5, 5.41) is 12.4. The number of anilines is 1. The number of nitrogens with one attached hydrogen (secondary N) is 1. The second kappa shape index (κ2) is 9.20. The summed E-state index contributed by atoms with van der Waals surface area (Å²) in [6, 6.07) is 6.22. The van der Waals surface area contributed by atoms with Gasteiger partial charge in [-0.25, -0.2) is 4.79 Å². The summed E-state index contributed by atoms with van der Waals surface area (Å²) in [4.78, 5) is 23.5. The van der Waals surface area contributed by atoms with Crippen molar-refractivity contribution in [2.75, 3.05) is 18.5 Å². The number of carbonyl (C=O) groups excluding carboxylic acids is 2. The van der Waals surface area contributed by atoms with Crippen molar-refractivity contribution in [3.8, 4) is 0 Å². The van der Waals surface area contributed by atoms with Crippen LogP contribution in [0.5, 0.6) is 0 Å². The van der Waals surface area contributed by atoms with E-state index < -0.39 is 18.0 Å². The number of ether oxygens (including phenoxy) is 2. The topological polar surface area (TPSA) is 84.9 Å². The summed E-state index contributed by atoms with van der Waals surface area (Å²) in [6.07, 6.45) is 0.524. The highest BCUT2D eigenvalue weighted by molar-refractivity contribution is 5.95. The fourth-order valence-corrected chi connectivity index (χ4v) is 1.74. The van der Waals surface area contributed by atoms with Gasteiger partial charge in [0.2, 0.25) is 0 Å². The minimum Gasteiger partial charge on any atom is -0.458 e. The molecule has 1 aromatic rings. The van der Waals surface area contributed by atoms with Gasteiger partial charge in [0.15, 0.2) is 0 Å². The van der Waals surface area contributed by atoms with Gasteiger partial charge in [0, 0.05) is 12.1 Å². The van der Waals surface area contributed by atoms with Crippen LogP contribution in [0.25, 0.3) is 0 Å². The first-order valence-electron chi connectivity index (χ1n) is 7.74. The van der Waals surface area contributed by atoms with Crippen LogP contribution in [0.15, 0.2) is 36.9 Å². The van der Waals surface area contributed by atoms with E-state index in [1.165, 1.54) is 18.2 Å². The molecule has 0 radical (unpaired) electrons. The molecule has 24 heavy (non-hydrogen) atoms. The Morgan fingerprint density at radius 2 is 1.92 bits per heavy atom. The first-order chi connectivity index (χ1) is 11.2. The highest BCUT2D eigenvalue weighted by Crippen LogP contribution is 2.12. The number of carbonyl (C=O) groups is 2. The van der Waals surface area contributed by atoms with Gasteiger partial charge < -0.3 is 19.9 Å². The SMILES string of the molecule is C=CCOC(=O)c1ccc(NC(=O)[C@H](O)CCOC(C)(C)C)cc1. The Labute approximate surface area is 142 Å². The molecule has 0 aliphatic heterocycles. The maximum absolute atomic E-state index is 11.9. The lowest BCUT2D eigenvalue weighted by Crippen LogP contribution is -2.30. The molecule has 6 heteroatoms. The fraction of sp³-hybridized carbons (Fsp3) is 0.444. The van der Waals surface area contributed by atoms with Crippen molar-refractivity contribution < 1.29 is 24.2 Å². The largest absolute Gasteiger partial charge is 0.458 e. The van der Waals surface area contributed by atoms with Crippen molar-refractivity contribution >= 4 is 17.6 Å². The molecule has 0 saturated heterocycles. The van der Waals surface area contributed by atoms with Gasteiger partial charge >= 0.3 is 5.97 Å². The van der Waals surface area contributed by atoms with Crippen LogP contribution in [0, 0.1) is 0 Å². The Kier molecular flexibility index (Phi) is 7.61. The standard InChI is InChI=1S/C18H25NO5/c1-5-11-23-17(22)13-6-8-14(9-7-13)19-16(21)15(20)10-12-24-18(2,3)4/h5-9,15,20H,1,10-12H2,2-4H3,(H,19,21)/t15-/m1/s1. The van der Waals surface area contributed by atoms with E-state index in [1.54, 1.807) is 12.1 Å². The number of aliphatic hydroxyl groups excluding tert-OH is 1. The average Bonchev–Trinajstić information content (AvgIpc) is 2.51. The van der Waals surface area contributed by atoms with Crippen molar-refractivity contribution in [2.45, 2.75) is 38.9 Å². The van der Waals surface area contributed by atoms with Crippen LogP contribution in [0.4, 0.5) is 5.69 Å². The van der Waals surface area contributed by atoms with Crippen molar-refractivity contribution in [1.29, 1.82) is 0 Å². The van der Waals surface area contributed by atoms with Crippen LogP contribution in [0.3, 0.4) is 0 Å². The molecule has 6 nitrogen and oxygen atoms in total. The smallest absolute Gasteiger partial charge is 0.338 e. The summed E-state index contributed by atoms with van der Waals surface area (Å²) in [5.41, 5.74) is 0.539. The molecule has 0 aliphatic carbocycles. The molecule has 0 fully saturated rings. The molecule has 0 aliphatic rings. The summed E-state index contributed by atoms with van der Waals surface area (Å²) in [5.74, 6) is -0.985. The molecule has 1 amide bonds. The molecule has 1 rings (SSSR count). The van der Waals surface area contributed by atoms with Gasteiger partial charge in [0.1, 0.15) is 12.7 Å². The third kappa shape index (κ3) is 7.39. The first-order valence-corrected chi connectivity index (χ1v) is 7.74. The van der Waals surface area contributed by atoms with Crippen molar-refractivity contribution in [3.05, 3.63) is 42.5 Å². The molecule has 0 spiro atoms. The molecular weight excluding hydrogens is 310 g/mol. The van der Waals surface area contributed by atoms with Crippen molar-refractivity contribution in [3.63, 3.8) is 0 Å². The molecule has 0 bridgehead atoms. The third-order valence-electron chi connectivity index (χ3n) is 2.95. The van der Waals surface area contributed by atoms with E-state index in [2.05, 4.69) is 11.9 Å². The molecule has 1 atom stereocenters. The molecule has 1 aromatic carbocycles. The number of hydrogen-bond donors (Lipinski definition) is 2. The summed E-state index contributed by atoms with van der Waals surface area (Å²) in [6.45, 7) is 9.60. The molecule has 0 saturated carbocycles. The highest BCUT2D eigenvalue weighted by Gasteiger charge is 2.17. The van der Waals surface area contributed by atoms with Crippen LogP contribution < -0.4 is 5.32 Å². The van der Waals surface area contributed by atoms with E-state index in [4.69, 9.17) is 9.47 Å². The van der Waals surface area contributed by atoms with Crippen LogP contribution in [-0.4, -0.2) is 41.9 Å². The monoisotopic (exact) mass is 335 g/mol. The lowest BCUT2D eigenvalue weighted by Gasteiger charge is -2.20. The minimum absolute atomic E-state index is 0.139. The lowest BCUT2D eigenvalue weighted by atomic mass is 10.2. The summed E-state index contributed by atoms with van der Waals surface area (Å²) < 4.78 is 10.4. The number of benzene rings is 1. The van der Waals surface area contributed by atoms with Crippen LogP contribution >= 0.6 is 0 Å². The van der Waals surface area contributed by atoms with Gasteiger partial charge in [-0.3, -0.25) is 4.79 Å². The molecule has 0 aromatic heterocycles. The quantitative estimate of drug-likeness (QED) is 0.563. The molecule has 0 unspecified atom stereocenters. The molecule has 2 N–H and O–H groups in total. The minimum atomic E-state index is -1.16. The lowest BCUT2D eigenvalue weighted by molar-refractivity contribution is -0.125. The Balaban J connectivity index is 2.49. The number of amides is 1. The average molecular weight is 335 g/mol. The zero-order valence-corrected chi connectivity index (χ0v) is 14.4. The van der Waals surface area contributed by atoms with Gasteiger partial charge in [0.25, 0.3) is 5.91 Å². The number of rotatable bonds is 8. The third-order valence-corrected chi connectivity index (χ3v) is 2.95. The van der Waals surface area contributed by atoms with E-state index in [0.717, 1.165) is 0 Å². The zero-order valence-electron chi connectivity index (χ0n) is 14.4. The van der Waals surface area contributed by atoms with E-state index >= 15 is 0 Å². The number of aliphatic hydroxyl groups is 1. The van der Waals surface area contributed by atoms with Crippen molar-refractivity contribution in [2.24, 2.45) is 0 Å². The Hall–Kier alpha value is -2.18. The van der Waals surface area contributed by atoms with Gasteiger partial charge in [0.05, 0.1) is 17.8 Å². The summed E-state index contributed by atoms with van der Waals surface area (Å²) >= 11 is 0. The Morgan fingerprint density at radius 3 is 2.46 bits per heavy atom. The predicted molar refractivity (Wildman–Crippen MR) is 91.9 cm³/mol. The van der Waals surface area contributed by atoms with Crippen LogP contribution in [-0.2, 0) is 14.3 Å². The predicted octanol–water partition coefficient (Wildman–Crippen LogP) is 2.53. The van der Waals surface area contributed by atoms with E-state index in [9.17, 15) is 14.7 Å². The first kappa shape index (κ1) is 19.9. The van der Waals surface area contributed by atoms with Gasteiger partial charge in [-0.1, -0.05) is 12.7 Å². The molecular formula is C18H25NO5. The van der Waals surface area contributed by atoms with Gasteiger partial charge in [-0.05, 0) is 45.0 Å². The van der Waals surface area contributed by atoms with Crippen molar-refractivity contribution in [1.82, 2.24) is 0 Å². The van der Waals surface area contributed by atoms with Crippen LogP contribution in [0.2, 0.25) is 0 Å². The molecule has 0 heterocycles. The Morgan fingerprint density at radius 1 is 1.29 bits per heavy atom. The normalized spacial score (nSPS) is 12.3. The fourth-order valence-electron chi connectivity index (χ4n) is 1.74. The highest BCUT2D eigenvalue weighted by atomic mass is 16.5. The second-order valence-corrected chi connectivity index (χ2v) is 6.22. The summed E-state index contributed by atoms with van der Waals surface area (Å²) in [7, 11) is 0. The maximum Gasteiger partial charge on any atom is 0.338 e. The van der Waals surface area contributed by atoms with Gasteiger partial charge in [-0.2, -0.15) is 0 Å². The van der Waals surface area contributed by atoms with E-state index in [0.29, 0.717) is 11.3 Å². The Bertz CT molecular complexity index is 560. The zero-order chi connectivity index (χ0) is 18.2. The van der Waals surface area contributed by atoms with E-state index in [-0.39, 0.29) is 25.2 Å². The van der Waals surface area contributed by atoms with Crippen LogP contribution in [0.1, 0.15) is 37.6 Å². The number of esters is 1.